The first kappa shape index (κ1) is 30.7. The molecule has 0 atom stereocenters. The Kier molecular flexibility index (Phi) is 9.62. The number of rotatable bonds is 11. The number of aromatic nitrogens is 2. The second-order valence-corrected chi connectivity index (χ2v) is 10.0. The van der Waals surface area contributed by atoms with Crippen LogP contribution in [0.5, 0.6) is 5.75 Å². The second-order valence-electron chi connectivity index (χ2n) is 10.0. The molecule has 0 aliphatic rings. The van der Waals surface area contributed by atoms with Gasteiger partial charge in [-0.1, -0.05) is 18.2 Å². The molecule has 0 saturated heterocycles. The predicted molar refractivity (Wildman–Crippen MR) is 152 cm³/mol. The fourth-order valence-corrected chi connectivity index (χ4v) is 4.57. The maximum absolute atomic E-state index is 14.2. The van der Waals surface area contributed by atoms with E-state index in [-0.39, 0.29) is 36.4 Å². The molecule has 0 spiro atoms. The number of amides is 1. The van der Waals surface area contributed by atoms with Crippen molar-refractivity contribution in [1.82, 2.24) is 19.4 Å². The minimum absolute atomic E-state index is 0.135. The van der Waals surface area contributed by atoms with E-state index < -0.39 is 17.6 Å². The molecule has 0 N–H and O–H groups in total. The van der Waals surface area contributed by atoms with Gasteiger partial charge in [-0.3, -0.25) is 14.2 Å². The van der Waals surface area contributed by atoms with Crippen molar-refractivity contribution < 1.29 is 27.1 Å². The molecular weight excluding hydrogens is 552 g/mol. The van der Waals surface area contributed by atoms with Gasteiger partial charge < -0.3 is 14.5 Å². The zero-order chi connectivity index (χ0) is 30.4. The molecule has 0 unspecified atom stereocenters. The number of carbonyl (C=O) groups excluding carboxylic acids is 1. The third kappa shape index (κ3) is 7.33. The summed E-state index contributed by atoms with van der Waals surface area (Å²) in [6, 6.07) is 16.6. The minimum atomic E-state index is -4.82. The first-order valence-electron chi connectivity index (χ1n) is 13.5. The van der Waals surface area contributed by atoms with Gasteiger partial charge >= 0.3 is 6.18 Å². The van der Waals surface area contributed by atoms with Crippen LogP contribution in [-0.2, 0) is 23.8 Å². The summed E-state index contributed by atoms with van der Waals surface area (Å²) in [5.41, 5.74) is -0.395. The fraction of sp³-hybridized carbons (Fsp3) is 0.323. The molecule has 3 aromatic carbocycles. The summed E-state index contributed by atoms with van der Waals surface area (Å²) in [4.78, 5) is 35.1. The monoisotopic (exact) mass is 584 g/mol. The average Bonchev–Trinajstić information content (AvgIpc) is 2.93. The van der Waals surface area contributed by atoms with Crippen molar-refractivity contribution in [1.29, 1.82) is 0 Å². The maximum atomic E-state index is 14.2. The number of hydrogen-bond donors (Lipinski definition) is 0. The predicted octanol–water partition coefficient (Wildman–Crippen LogP) is 5.12. The van der Waals surface area contributed by atoms with E-state index in [1.54, 1.807) is 53.4 Å². The van der Waals surface area contributed by atoms with Crippen LogP contribution in [-0.4, -0.2) is 65.6 Å². The van der Waals surface area contributed by atoms with Crippen LogP contribution >= 0.6 is 0 Å². The van der Waals surface area contributed by atoms with Crippen LogP contribution < -0.4 is 10.3 Å². The first-order valence-corrected chi connectivity index (χ1v) is 13.5. The molecule has 0 bridgehead atoms. The van der Waals surface area contributed by atoms with Gasteiger partial charge in [0, 0.05) is 26.1 Å². The summed E-state index contributed by atoms with van der Waals surface area (Å²) in [7, 11) is 3.70. The number of fused-ring (bicyclic) bond motifs is 1. The first-order chi connectivity index (χ1) is 20.0. The molecule has 4 rings (SSSR count). The topological polar surface area (TPSA) is 67.7 Å². The Morgan fingerprint density at radius 1 is 0.976 bits per heavy atom. The fourth-order valence-electron chi connectivity index (χ4n) is 4.57. The van der Waals surface area contributed by atoms with E-state index in [0.717, 1.165) is 12.1 Å². The molecule has 0 saturated carbocycles. The number of carbonyl (C=O) groups is 1. The van der Waals surface area contributed by atoms with Crippen molar-refractivity contribution in [3.63, 3.8) is 0 Å². The number of halogens is 4. The summed E-state index contributed by atoms with van der Waals surface area (Å²) in [6.07, 6.45) is -4.89. The van der Waals surface area contributed by atoms with Crippen LogP contribution in [0.15, 0.2) is 71.5 Å². The molecule has 42 heavy (non-hydrogen) atoms. The number of benzene rings is 3. The number of ether oxygens (including phenoxy) is 1. The summed E-state index contributed by atoms with van der Waals surface area (Å²) < 4.78 is 60.2. The quantitative estimate of drug-likeness (QED) is 0.229. The standard InChI is InChI=1S/C31H32F4N4O3/c1-4-42-23-12-10-22(11-13-23)39-28(36-27-8-6-5-7-24(27)30(39)41)15-16-38(18-17-37(2)3)29(40)20-21-9-14-25(26(32)19-21)31(33,34)35/h5-14,19H,4,15-18,20H2,1-3H3. The van der Waals surface area contributed by atoms with Crippen LogP contribution in [0, 0.1) is 5.82 Å². The van der Waals surface area contributed by atoms with Gasteiger partial charge in [0.1, 0.15) is 17.4 Å². The summed E-state index contributed by atoms with van der Waals surface area (Å²) in [5, 5.41) is 0.444. The molecule has 4 aromatic rings. The lowest BCUT2D eigenvalue weighted by Gasteiger charge is -2.25. The number of nitrogens with zero attached hydrogens (tertiary/aromatic N) is 4. The van der Waals surface area contributed by atoms with Crippen molar-refractivity contribution >= 4 is 16.8 Å². The number of hydrogen-bond acceptors (Lipinski definition) is 5. The van der Waals surface area contributed by atoms with E-state index in [2.05, 4.69) is 0 Å². The maximum Gasteiger partial charge on any atom is 0.419 e. The van der Waals surface area contributed by atoms with Crippen LogP contribution in [0.3, 0.4) is 0 Å². The molecular formula is C31H32F4N4O3. The Bertz CT molecular complexity index is 1600. The third-order valence-electron chi connectivity index (χ3n) is 6.72. The second kappa shape index (κ2) is 13.2. The van der Waals surface area contributed by atoms with E-state index in [4.69, 9.17) is 9.72 Å². The van der Waals surface area contributed by atoms with Gasteiger partial charge in [0.25, 0.3) is 5.56 Å². The highest BCUT2D eigenvalue weighted by Crippen LogP contribution is 2.31. The van der Waals surface area contributed by atoms with Crippen molar-refractivity contribution in [2.45, 2.75) is 25.9 Å². The van der Waals surface area contributed by atoms with E-state index in [0.29, 0.717) is 53.9 Å². The van der Waals surface area contributed by atoms with Gasteiger partial charge in [-0.2, -0.15) is 13.2 Å². The Hall–Kier alpha value is -4.25. The van der Waals surface area contributed by atoms with Crippen molar-refractivity contribution in [3.05, 3.63) is 99.9 Å². The molecule has 1 aromatic heterocycles. The lowest BCUT2D eigenvalue weighted by Crippen LogP contribution is -2.39. The third-order valence-corrected chi connectivity index (χ3v) is 6.72. The van der Waals surface area contributed by atoms with E-state index in [1.165, 1.54) is 4.57 Å². The number of para-hydroxylation sites is 1. The van der Waals surface area contributed by atoms with Gasteiger partial charge in [0.05, 0.1) is 35.2 Å². The van der Waals surface area contributed by atoms with Gasteiger partial charge in [-0.25, -0.2) is 9.37 Å². The lowest BCUT2D eigenvalue weighted by atomic mass is 10.1. The zero-order valence-electron chi connectivity index (χ0n) is 23.6. The highest BCUT2D eigenvalue weighted by molar-refractivity contribution is 5.79. The molecule has 0 aliphatic carbocycles. The Morgan fingerprint density at radius 2 is 1.69 bits per heavy atom. The van der Waals surface area contributed by atoms with Crippen LogP contribution in [0.1, 0.15) is 23.9 Å². The molecule has 0 fully saturated rings. The van der Waals surface area contributed by atoms with Crippen molar-refractivity contribution in [2.24, 2.45) is 0 Å². The molecule has 1 heterocycles. The number of alkyl halides is 3. The van der Waals surface area contributed by atoms with Crippen LogP contribution in [0.25, 0.3) is 16.6 Å². The van der Waals surface area contributed by atoms with E-state index in [1.807, 2.05) is 25.9 Å². The van der Waals surface area contributed by atoms with Gasteiger partial charge in [0.2, 0.25) is 5.91 Å². The lowest BCUT2D eigenvalue weighted by molar-refractivity contribution is -0.140. The largest absolute Gasteiger partial charge is 0.494 e. The van der Waals surface area contributed by atoms with Crippen LogP contribution in [0.2, 0.25) is 0 Å². The molecule has 1 amide bonds. The normalized spacial score (nSPS) is 11.7. The molecule has 11 heteroatoms. The average molecular weight is 585 g/mol. The van der Waals surface area contributed by atoms with Gasteiger partial charge in [-0.15, -0.1) is 0 Å². The Balaban J connectivity index is 1.64. The SMILES string of the molecule is CCOc1ccc(-n2c(CCN(CCN(C)C)C(=O)Cc3ccc(C(F)(F)F)c(F)c3)nc3ccccc3c2=O)cc1. The number of likely N-dealkylation sites (N-methyl/N-ethyl adjacent to an activating group) is 1. The van der Waals surface area contributed by atoms with Gasteiger partial charge in [0.15, 0.2) is 0 Å². The van der Waals surface area contributed by atoms with Crippen LogP contribution in [0.4, 0.5) is 17.6 Å². The smallest absolute Gasteiger partial charge is 0.419 e. The molecule has 0 radical (unpaired) electrons. The summed E-state index contributed by atoms with van der Waals surface area (Å²) >= 11 is 0. The Morgan fingerprint density at radius 3 is 2.33 bits per heavy atom. The zero-order valence-corrected chi connectivity index (χ0v) is 23.6. The highest BCUT2D eigenvalue weighted by atomic mass is 19.4. The van der Waals surface area contributed by atoms with Crippen molar-refractivity contribution in [2.75, 3.05) is 40.3 Å². The summed E-state index contributed by atoms with van der Waals surface area (Å²) in [5.74, 6) is -0.713. The highest BCUT2D eigenvalue weighted by Gasteiger charge is 2.34. The Labute approximate surface area is 241 Å². The minimum Gasteiger partial charge on any atom is -0.494 e. The molecule has 0 aliphatic heterocycles. The van der Waals surface area contributed by atoms with Gasteiger partial charge in [-0.05, 0) is 75.1 Å². The molecule has 7 nitrogen and oxygen atoms in total. The molecule has 222 valence electrons. The van der Waals surface area contributed by atoms with E-state index in [9.17, 15) is 27.2 Å². The van der Waals surface area contributed by atoms with E-state index >= 15 is 0 Å². The van der Waals surface area contributed by atoms with Crippen molar-refractivity contribution in [3.8, 4) is 11.4 Å². The summed E-state index contributed by atoms with van der Waals surface area (Å²) in [6.45, 7) is 3.39.